The van der Waals surface area contributed by atoms with Crippen molar-refractivity contribution in [2.75, 3.05) is 26.2 Å². The third-order valence-electron chi connectivity index (χ3n) is 8.56. The maximum Gasteiger partial charge on any atom is 0.322 e. The van der Waals surface area contributed by atoms with Crippen molar-refractivity contribution in [1.29, 1.82) is 0 Å². The molecule has 4 saturated carbocycles. The molecule has 1 saturated heterocycles. The average molecular weight is 427 g/mol. The second-order valence-electron chi connectivity index (χ2n) is 10.9. The number of amides is 3. The average Bonchev–Trinajstić information content (AvgIpc) is 2.73. The molecule has 4 bridgehead atoms. The monoisotopic (exact) mass is 426 g/mol. The summed E-state index contributed by atoms with van der Waals surface area (Å²) in [6, 6.07) is 10.1. The van der Waals surface area contributed by atoms with E-state index in [-0.39, 0.29) is 23.5 Å². The van der Waals surface area contributed by atoms with Crippen LogP contribution in [0.4, 0.5) is 4.79 Å². The third-order valence-corrected chi connectivity index (χ3v) is 8.56. The number of quaternary nitrogens is 2. The lowest BCUT2D eigenvalue weighted by molar-refractivity contribution is -1.02. The molecule has 0 aromatic heterocycles. The zero-order chi connectivity index (χ0) is 21.4. The van der Waals surface area contributed by atoms with Crippen molar-refractivity contribution in [2.24, 2.45) is 17.8 Å². The third kappa shape index (κ3) is 4.65. The Bertz CT molecular complexity index is 768. The van der Waals surface area contributed by atoms with E-state index in [1.54, 1.807) is 4.90 Å². The van der Waals surface area contributed by atoms with E-state index in [9.17, 15) is 9.59 Å². The summed E-state index contributed by atoms with van der Waals surface area (Å²) in [5.74, 6) is 2.20. The molecule has 4 aliphatic carbocycles. The highest BCUT2D eigenvalue weighted by Gasteiger charge is 2.51. The molecule has 1 aromatic carbocycles. The zero-order valence-corrected chi connectivity index (χ0v) is 18.8. The molecule has 1 aromatic rings. The lowest BCUT2D eigenvalue weighted by Crippen LogP contribution is -3.29. The highest BCUT2D eigenvalue weighted by molar-refractivity contribution is 5.96. The number of benzene rings is 1. The summed E-state index contributed by atoms with van der Waals surface area (Å²) in [5.41, 5.74) is 1.31. The van der Waals surface area contributed by atoms with Crippen LogP contribution in [0, 0.1) is 17.8 Å². The SMILES string of the molecule is C[C@H](C(=O)NC(=O)NC12CC3CC(CC(C3)C1)C2)[NH+]1CC[NH+](Cc2ccccc2)CC1. The maximum atomic E-state index is 12.8. The molecule has 1 atom stereocenters. The van der Waals surface area contributed by atoms with Crippen LogP contribution >= 0.6 is 0 Å². The molecule has 4 N–H and O–H groups in total. The Morgan fingerprint density at radius 3 is 2.13 bits per heavy atom. The molecule has 5 fully saturated rings. The van der Waals surface area contributed by atoms with Crippen molar-refractivity contribution >= 4 is 11.9 Å². The minimum absolute atomic E-state index is 0.0539. The van der Waals surface area contributed by atoms with Gasteiger partial charge in [-0.25, -0.2) is 4.79 Å². The number of hydrogen-bond donors (Lipinski definition) is 4. The van der Waals surface area contributed by atoms with Gasteiger partial charge < -0.3 is 15.1 Å². The van der Waals surface area contributed by atoms with E-state index in [2.05, 4.69) is 41.0 Å². The van der Waals surface area contributed by atoms with Crippen LogP contribution in [0.15, 0.2) is 30.3 Å². The number of nitrogens with one attached hydrogen (secondary N) is 4. The zero-order valence-electron chi connectivity index (χ0n) is 18.8. The van der Waals surface area contributed by atoms with E-state index in [1.807, 2.05) is 6.92 Å². The molecule has 5 aliphatic rings. The Balaban J connectivity index is 1.09. The molecule has 6 heteroatoms. The molecule has 1 aliphatic heterocycles. The topological polar surface area (TPSA) is 67.1 Å². The maximum absolute atomic E-state index is 12.8. The molecular formula is C25H38N4O2+2. The lowest BCUT2D eigenvalue weighted by Gasteiger charge is -2.56. The molecular weight excluding hydrogens is 388 g/mol. The number of carbonyl (C=O) groups excluding carboxylic acids is 2. The normalized spacial score (nSPS) is 37.3. The van der Waals surface area contributed by atoms with Crippen molar-refractivity contribution in [3.63, 3.8) is 0 Å². The van der Waals surface area contributed by atoms with Crippen molar-refractivity contribution < 1.29 is 19.4 Å². The van der Waals surface area contributed by atoms with Gasteiger partial charge in [-0.1, -0.05) is 30.3 Å². The first-order valence-corrected chi connectivity index (χ1v) is 12.3. The minimum Gasteiger partial charge on any atom is -0.332 e. The summed E-state index contributed by atoms with van der Waals surface area (Å²) in [6.07, 6.45) is 7.36. The minimum atomic E-state index is -0.272. The molecule has 168 valence electrons. The van der Waals surface area contributed by atoms with Gasteiger partial charge in [0.15, 0.2) is 6.04 Å². The molecule has 1 heterocycles. The van der Waals surface area contributed by atoms with Crippen LogP contribution in [0.3, 0.4) is 0 Å². The standard InChI is InChI=1S/C25H36N4O2/c1-18(29-9-7-28(8-10-29)17-19-5-3-2-4-6-19)23(30)26-24(31)27-25-14-20-11-21(15-25)13-22(12-20)16-25/h2-6,18,20-22H,7-17H2,1H3,(H2,26,27,30,31)/p+2/t18-,20?,21?,22?,25?/m1/s1. The van der Waals surface area contributed by atoms with Crippen LogP contribution in [0.2, 0.25) is 0 Å². The summed E-state index contributed by atoms with van der Waals surface area (Å²) in [4.78, 5) is 28.4. The van der Waals surface area contributed by atoms with Gasteiger partial charge in [-0.05, 0) is 63.2 Å². The Morgan fingerprint density at radius 1 is 0.968 bits per heavy atom. The van der Waals surface area contributed by atoms with Gasteiger partial charge in [0.05, 0.1) is 0 Å². The van der Waals surface area contributed by atoms with E-state index in [1.165, 1.54) is 29.7 Å². The predicted octanol–water partition coefficient (Wildman–Crippen LogP) is 0.153. The molecule has 6 rings (SSSR count). The van der Waals surface area contributed by atoms with Crippen molar-refractivity contribution in [2.45, 2.75) is 63.6 Å². The summed E-state index contributed by atoms with van der Waals surface area (Å²) < 4.78 is 0. The van der Waals surface area contributed by atoms with Gasteiger partial charge in [0.1, 0.15) is 32.7 Å². The number of imide groups is 1. The molecule has 31 heavy (non-hydrogen) atoms. The highest BCUT2D eigenvalue weighted by atomic mass is 16.2. The first kappa shape index (κ1) is 21.0. The summed E-state index contributed by atoms with van der Waals surface area (Å²) in [5, 5.41) is 5.95. The van der Waals surface area contributed by atoms with E-state index in [0.29, 0.717) is 0 Å². The van der Waals surface area contributed by atoms with E-state index in [4.69, 9.17) is 0 Å². The Labute approximate surface area is 185 Å². The van der Waals surface area contributed by atoms with Crippen LogP contribution < -0.4 is 20.4 Å². The van der Waals surface area contributed by atoms with Gasteiger partial charge in [0.2, 0.25) is 0 Å². The Hall–Kier alpha value is -1.92. The second-order valence-corrected chi connectivity index (χ2v) is 10.9. The molecule has 0 spiro atoms. The van der Waals surface area contributed by atoms with Crippen LogP contribution in [-0.4, -0.2) is 49.7 Å². The predicted molar refractivity (Wildman–Crippen MR) is 119 cm³/mol. The Morgan fingerprint density at radius 2 is 1.55 bits per heavy atom. The summed E-state index contributed by atoms with van der Waals surface area (Å²) >= 11 is 0. The quantitative estimate of drug-likeness (QED) is 0.542. The van der Waals surface area contributed by atoms with Gasteiger partial charge in [-0.2, -0.15) is 0 Å². The molecule has 0 unspecified atom stereocenters. The first-order valence-electron chi connectivity index (χ1n) is 12.3. The fourth-order valence-corrected chi connectivity index (χ4v) is 7.36. The van der Waals surface area contributed by atoms with Gasteiger partial charge in [0, 0.05) is 11.1 Å². The molecule has 0 radical (unpaired) electrons. The van der Waals surface area contributed by atoms with Crippen molar-refractivity contribution in [3.8, 4) is 0 Å². The van der Waals surface area contributed by atoms with Crippen LogP contribution in [0.1, 0.15) is 51.0 Å². The van der Waals surface area contributed by atoms with E-state index < -0.39 is 0 Å². The van der Waals surface area contributed by atoms with Crippen LogP contribution in [-0.2, 0) is 11.3 Å². The smallest absolute Gasteiger partial charge is 0.322 e. The number of piperazine rings is 1. The number of carbonyl (C=O) groups is 2. The fourth-order valence-electron chi connectivity index (χ4n) is 7.36. The van der Waals surface area contributed by atoms with Crippen LogP contribution in [0.25, 0.3) is 0 Å². The summed E-state index contributed by atoms with van der Waals surface area (Å²) in [6.45, 7) is 7.05. The fraction of sp³-hybridized carbons (Fsp3) is 0.680. The van der Waals surface area contributed by atoms with Gasteiger partial charge in [0.25, 0.3) is 5.91 Å². The number of urea groups is 1. The Kier molecular flexibility index (Phi) is 5.78. The van der Waals surface area contributed by atoms with Gasteiger partial charge >= 0.3 is 6.03 Å². The van der Waals surface area contributed by atoms with Crippen molar-refractivity contribution in [1.82, 2.24) is 10.6 Å². The number of rotatable bonds is 5. The first-order chi connectivity index (χ1) is 15.0. The molecule has 3 amide bonds. The summed E-state index contributed by atoms with van der Waals surface area (Å²) in [7, 11) is 0. The highest BCUT2D eigenvalue weighted by Crippen LogP contribution is 2.55. The molecule has 6 nitrogen and oxygen atoms in total. The van der Waals surface area contributed by atoms with E-state index in [0.717, 1.165) is 69.7 Å². The van der Waals surface area contributed by atoms with Crippen molar-refractivity contribution in [3.05, 3.63) is 35.9 Å². The van der Waals surface area contributed by atoms with Crippen LogP contribution in [0.5, 0.6) is 0 Å². The van der Waals surface area contributed by atoms with Gasteiger partial charge in [-0.15, -0.1) is 0 Å². The largest absolute Gasteiger partial charge is 0.332 e. The number of hydrogen-bond acceptors (Lipinski definition) is 2. The van der Waals surface area contributed by atoms with E-state index >= 15 is 0 Å². The van der Waals surface area contributed by atoms with Gasteiger partial charge in [-0.3, -0.25) is 10.1 Å². The lowest BCUT2D eigenvalue weighted by atomic mass is 9.53. The second kappa shape index (κ2) is 8.55.